The molecule has 5 rings (SSSR count). The first-order valence-electron chi connectivity index (χ1n) is 10.1. The molecule has 0 unspecified atom stereocenters. The lowest BCUT2D eigenvalue weighted by atomic mass is 10.1. The number of benzene rings is 4. The molecule has 31 heavy (non-hydrogen) atoms. The monoisotopic (exact) mass is 408 g/mol. The van der Waals surface area contributed by atoms with Gasteiger partial charge in [-0.05, 0) is 35.4 Å². The Hall–Kier alpha value is -4.05. The Balaban J connectivity index is 1.43. The molecule has 0 aliphatic rings. The maximum absolute atomic E-state index is 12.9. The third-order valence-electron chi connectivity index (χ3n) is 5.11. The molecule has 0 amide bonds. The van der Waals surface area contributed by atoms with Gasteiger partial charge in [0.1, 0.15) is 35.9 Å². The van der Waals surface area contributed by atoms with E-state index >= 15 is 0 Å². The van der Waals surface area contributed by atoms with E-state index in [2.05, 4.69) is 0 Å². The second-order valence-electron chi connectivity index (χ2n) is 7.30. The predicted molar refractivity (Wildman–Crippen MR) is 122 cm³/mol. The van der Waals surface area contributed by atoms with Gasteiger partial charge in [-0.15, -0.1) is 0 Å². The van der Waals surface area contributed by atoms with Crippen molar-refractivity contribution in [3.63, 3.8) is 0 Å². The summed E-state index contributed by atoms with van der Waals surface area (Å²) < 4.78 is 17.8. The van der Waals surface area contributed by atoms with E-state index in [9.17, 15) is 4.79 Å². The first kappa shape index (κ1) is 18.9. The molecule has 0 bridgehead atoms. The Morgan fingerprint density at radius 3 is 1.48 bits per heavy atom. The summed E-state index contributed by atoms with van der Waals surface area (Å²) in [6.45, 7) is 0.892. The Morgan fingerprint density at radius 2 is 1.03 bits per heavy atom. The minimum atomic E-state index is -0.0690. The van der Waals surface area contributed by atoms with Crippen LogP contribution in [-0.4, -0.2) is 0 Å². The zero-order chi connectivity index (χ0) is 21.0. The lowest BCUT2D eigenvalue weighted by molar-refractivity contribution is 0.306. The van der Waals surface area contributed by atoms with E-state index in [0.29, 0.717) is 46.7 Å². The van der Waals surface area contributed by atoms with E-state index in [1.807, 2.05) is 60.7 Å². The maximum atomic E-state index is 12.9. The summed E-state index contributed by atoms with van der Waals surface area (Å²) in [5, 5.41) is 1.05. The quantitative estimate of drug-likeness (QED) is 0.318. The number of rotatable bonds is 6. The summed E-state index contributed by atoms with van der Waals surface area (Å²) in [6, 6.07) is 30.5. The zero-order valence-electron chi connectivity index (χ0n) is 16.8. The molecule has 0 fully saturated rings. The van der Waals surface area contributed by atoms with Gasteiger partial charge in [0.15, 0.2) is 0 Å². The second-order valence-corrected chi connectivity index (χ2v) is 7.30. The standard InChI is InChI=1S/C27H20O4/c28-27-23-13-11-21(29-17-19-7-3-1-4-8-19)15-25(23)31-26-16-22(12-14-24(26)27)30-18-20-9-5-2-6-10-20/h1-16H,17-18H2. The van der Waals surface area contributed by atoms with E-state index in [4.69, 9.17) is 13.9 Å². The summed E-state index contributed by atoms with van der Waals surface area (Å²) in [4.78, 5) is 12.9. The van der Waals surface area contributed by atoms with Crippen LogP contribution in [0, 0.1) is 0 Å². The average Bonchev–Trinajstić information content (AvgIpc) is 2.82. The van der Waals surface area contributed by atoms with Crippen LogP contribution < -0.4 is 14.9 Å². The number of fused-ring (bicyclic) bond motifs is 2. The Kier molecular flexibility index (Phi) is 5.11. The van der Waals surface area contributed by atoms with Crippen LogP contribution in [0.25, 0.3) is 21.9 Å². The average molecular weight is 408 g/mol. The Bertz CT molecular complexity index is 1280. The second kappa shape index (κ2) is 8.36. The van der Waals surface area contributed by atoms with Crippen LogP contribution in [0.2, 0.25) is 0 Å². The fourth-order valence-corrected chi connectivity index (χ4v) is 3.47. The lowest BCUT2D eigenvalue weighted by Gasteiger charge is -2.09. The van der Waals surface area contributed by atoms with Crippen LogP contribution in [0.15, 0.2) is 106 Å². The van der Waals surface area contributed by atoms with Gasteiger partial charge < -0.3 is 13.9 Å². The molecular weight excluding hydrogens is 388 g/mol. The van der Waals surface area contributed by atoms with Crippen molar-refractivity contribution in [3.8, 4) is 11.5 Å². The molecule has 0 atom stereocenters. The maximum Gasteiger partial charge on any atom is 0.200 e. The van der Waals surface area contributed by atoms with Crippen LogP contribution in [0.5, 0.6) is 11.5 Å². The smallest absolute Gasteiger partial charge is 0.200 e. The van der Waals surface area contributed by atoms with E-state index in [1.54, 1.807) is 36.4 Å². The third kappa shape index (κ3) is 4.14. The van der Waals surface area contributed by atoms with Gasteiger partial charge in [0.25, 0.3) is 0 Å². The molecule has 152 valence electrons. The van der Waals surface area contributed by atoms with Gasteiger partial charge in [0.2, 0.25) is 5.43 Å². The molecule has 4 heteroatoms. The highest BCUT2D eigenvalue weighted by atomic mass is 16.5. The first-order chi connectivity index (χ1) is 15.3. The summed E-state index contributed by atoms with van der Waals surface area (Å²) in [5.41, 5.74) is 3.05. The van der Waals surface area contributed by atoms with Crippen molar-refractivity contribution in [3.05, 3.63) is 118 Å². The molecule has 4 aromatic carbocycles. The molecule has 0 saturated carbocycles. The summed E-state index contributed by atoms with van der Waals surface area (Å²) in [6.07, 6.45) is 0. The highest BCUT2D eigenvalue weighted by Crippen LogP contribution is 2.26. The van der Waals surface area contributed by atoms with Gasteiger partial charge in [-0.1, -0.05) is 60.7 Å². The molecule has 0 spiro atoms. The largest absolute Gasteiger partial charge is 0.489 e. The third-order valence-corrected chi connectivity index (χ3v) is 5.11. The fraction of sp³-hybridized carbons (Fsp3) is 0.0741. The highest BCUT2D eigenvalue weighted by molar-refractivity contribution is 5.90. The van der Waals surface area contributed by atoms with Crippen molar-refractivity contribution >= 4 is 21.9 Å². The van der Waals surface area contributed by atoms with Crippen molar-refractivity contribution in [2.45, 2.75) is 13.2 Å². The fourth-order valence-electron chi connectivity index (χ4n) is 3.47. The van der Waals surface area contributed by atoms with E-state index in [1.165, 1.54) is 0 Å². The van der Waals surface area contributed by atoms with Crippen molar-refractivity contribution in [1.29, 1.82) is 0 Å². The zero-order valence-corrected chi connectivity index (χ0v) is 16.8. The molecule has 0 aliphatic carbocycles. The minimum absolute atomic E-state index is 0.0690. The molecule has 1 aromatic heterocycles. The van der Waals surface area contributed by atoms with Crippen molar-refractivity contribution in [1.82, 2.24) is 0 Å². The highest BCUT2D eigenvalue weighted by Gasteiger charge is 2.10. The van der Waals surface area contributed by atoms with Crippen LogP contribution in [-0.2, 0) is 13.2 Å². The summed E-state index contributed by atoms with van der Waals surface area (Å²) in [5.74, 6) is 1.30. The van der Waals surface area contributed by atoms with Gasteiger partial charge in [-0.2, -0.15) is 0 Å². The van der Waals surface area contributed by atoms with Crippen LogP contribution in [0.1, 0.15) is 11.1 Å². The molecule has 4 nitrogen and oxygen atoms in total. The SMILES string of the molecule is O=c1c2ccc(OCc3ccccc3)cc2oc2cc(OCc3ccccc3)ccc12. The first-order valence-corrected chi connectivity index (χ1v) is 10.1. The topological polar surface area (TPSA) is 48.7 Å². The lowest BCUT2D eigenvalue weighted by Crippen LogP contribution is -2.03. The Labute approximate surface area is 179 Å². The number of hydrogen-bond donors (Lipinski definition) is 0. The van der Waals surface area contributed by atoms with Crippen molar-refractivity contribution in [2.24, 2.45) is 0 Å². The summed E-state index contributed by atoms with van der Waals surface area (Å²) in [7, 11) is 0. The van der Waals surface area contributed by atoms with Crippen LogP contribution in [0.4, 0.5) is 0 Å². The molecule has 1 heterocycles. The van der Waals surface area contributed by atoms with E-state index in [-0.39, 0.29) is 5.43 Å². The molecule has 0 aliphatic heterocycles. The molecule has 0 radical (unpaired) electrons. The van der Waals surface area contributed by atoms with Crippen LogP contribution in [0.3, 0.4) is 0 Å². The number of hydrogen-bond acceptors (Lipinski definition) is 4. The molecule has 5 aromatic rings. The van der Waals surface area contributed by atoms with Gasteiger partial charge in [-0.3, -0.25) is 4.79 Å². The van der Waals surface area contributed by atoms with Gasteiger partial charge in [-0.25, -0.2) is 0 Å². The van der Waals surface area contributed by atoms with Gasteiger partial charge >= 0.3 is 0 Å². The van der Waals surface area contributed by atoms with E-state index in [0.717, 1.165) is 11.1 Å². The van der Waals surface area contributed by atoms with E-state index < -0.39 is 0 Å². The normalized spacial score (nSPS) is 11.0. The minimum Gasteiger partial charge on any atom is -0.489 e. The summed E-state index contributed by atoms with van der Waals surface area (Å²) >= 11 is 0. The molecule has 0 saturated heterocycles. The van der Waals surface area contributed by atoms with Gasteiger partial charge in [0.05, 0.1) is 10.8 Å². The molecule has 0 N–H and O–H groups in total. The van der Waals surface area contributed by atoms with Crippen LogP contribution >= 0.6 is 0 Å². The van der Waals surface area contributed by atoms with Gasteiger partial charge in [0, 0.05) is 12.1 Å². The molecular formula is C27H20O4. The van der Waals surface area contributed by atoms with Crippen molar-refractivity contribution in [2.75, 3.05) is 0 Å². The Morgan fingerprint density at radius 1 is 0.581 bits per heavy atom. The number of ether oxygens (including phenoxy) is 2. The predicted octanol–water partition coefficient (Wildman–Crippen LogP) is 6.10. The van der Waals surface area contributed by atoms with Crippen molar-refractivity contribution < 1.29 is 13.9 Å².